The lowest BCUT2D eigenvalue weighted by Gasteiger charge is -2.09. The van der Waals surface area contributed by atoms with E-state index in [1.54, 1.807) is 5.51 Å². The second-order valence-corrected chi connectivity index (χ2v) is 9.67. The highest BCUT2D eigenvalue weighted by molar-refractivity contribution is 8.01. The van der Waals surface area contributed by atoms with Gasteiger partial charge in [0.25, 0.3) is 0 Å². The molecule has 6 nitrogen and oxygen atoms in total. The van der Waals surface area contributed by atoms with Gasteiger partial charge in [0, 0.05) is 28.9 Å². The molecule has 1 amide bonds. The molecule has 4 aromatic rings. The first-order chi connectivity index (χ1) is 14.6. The van der Waals surface area contributed by atoms with Gasteiger partial charge in [0.15, 0.2) is 9.47 Å². The first-order valence-corrected chi connectivity index (χ1v) is 12.2. The Hall–Kier alpha value is -2.49. The standard InChI is InChI=1S/C21H21N5OS3/c1-14-10-17(15(2)26(14)9-8-16-6-4-3-5-7-16)18-11-28-20(23-18)24-19(27)12-29-21-25-22-13-30-21/h3-7,10-11,13H,8-9,12H2,1-2H3,(H,23,24,27). The Morgan fingerprint density at radius 2 is 2.03 bits per heavy atom. The van der Waals surface area contributed by atoms with Gasteiger partial charge in [-0.3, -0.25) is 4.79 Å². The Morgan fingerprint density at radius 1 is 1.20 bits per heavy atom. The maximum atomic E-state index is 12.2. The van der Waals surface area contributed by atoms with Crippen molar-refractivity contribution in [2.24, 2.45) is 0 Å². The summed E-state index contributed by atoms with van der Waals surface area (Å²) < 4.78 is 3.12. The van der Waals surface area contributed by atoms with Crippen LogP contribution < -0.4 is 5.32 Å². The molecule has 0 spiro atoms. The monoisotopic (exact) mass is 455 g/mol. The van der Waals surface area contributed by atoms with Crippen LogP contribution in [0.3, 0.4) is 0 Å². The Balaban J connectivity index is 1.41. The molecule has 1 aromatic carbocycles. The van der Waals surface area contributed by atoms with E-state index >= 15 is 0 Å². The molecule has 30 heavy (non-hydrogen) atoms. The predicted octanol–water partition coefficient (Wildman–Crippen LogP) is 5.05. The number of nitrogens with one attached hydrogen (secondary N) is 1. The molecule has 0 bridgehead atoms. The van der Waals surface area contributed by atoms with Gasteiger partial charge in [-0.2, -0.15) is 0 Å². The van der Waals surface area contributed by atoms with E-state index in [-0.39, 0.29) is 11.7 Å². The fraction of sp³-hybridized carbons (Fsp3) is 0.238. The number of amides is 1. The number of thioether (sulfide) groups is 1. The second kappa shape index (κ2) is 9.55. The molecule has 0 aliphatic heterocycles. The summed E-state index contributed by atoms with van der Waals surface area (Å²) in [6.07, 6.45) is 0.987. The van der Waals surface area contributed by atoms with Crippen LogP contribution >= 0.6 is 34.4 Å². The van der Waals surface area contributed by atoms with Crippen LogP contribution in [0.1, 0.15) is 17.0 Å². The van der Waals surface area contributed by atoms with Crippen molar-refractivity contribution in [2.75, 3.05) is 11.1 Å². The summed E-state index contributed by atoms with van der Waals surface area (Å²) in [5.41, 5.74) is 7.40. The van der Waals surface area contributed by atoms with Gasteiger partial charge in [0.2, 0.25) is 5.91 Å². The molecule has 154 valence electrons. The highest BCUT2D eigenvalue weighted by atomic mass is 32.2. The Labute approximate surface area is 187 Å². The number of benzene rings is 1. The average Bonchev–Trinajstić information content (AvgIpc) is 3.48. The highest BCUT2D eigenvalue weighted by Crippen LogP contribution is 2.30. The van der Waals surface area contributed by atoms with Crippen LogP contribution in [0.15, 0.2) is 51.6 Å². The van der Waals surface area contributed by atoms with Crippen molar-refractivity contribution in [3.63, 3.8) is 0 Å². The van der Waals surface area contributed by atoms with Crippen LogP contribution in [-0.2, 0) is 17.8 Å². The minimum atomic E-state index is -0.0931. The number of thiazole rings is 1. The second-order valence-electron chi connectivity index (χ2n) is 6.75. The molecule has 0 unspecified atom stereocenters. The third-order valence-corrected chi connectivity index (χ3v) is 7.35. The molecule has 4 rings (SSSR count). The van der Waals surface area contributed by atoms with Crippen molar-refractivity contribution in [3.05, 3.63) is 64.2 Å². The molecule has 1 N–H and O–H groups in total. The van der Waals surface area contributed by atoms with Gasteiger partial charge < -0.3 is 9.88 Å². The fourth-order valence-electron chi connectivity index (χ4n) is 3.25. The molecule has 9 heteroatoms. The number of carbonyl (C=O) groups excluding carboxylic acids is 1. The minimum Gasteiger partial charge on any atom is -0.348 e. The van der Waals surface area contributed by atoms with E-state index in [0.717, 1.165) is 28.6 Å². The lowest BCUT2D eigenvalue weighted by Crippen LogP contribution is -2.13. The van der Waals surface area contributed by atoms with Gasteiger partial charge >= 0.3 is 0 Å². The van der Waals surface area contributed by atoms with Crippen LogP contribution in [0.2, 0.25) is 0 Å². The zero-order chi connectivity index (χ0) is 20.9. The summed E-state index contributed by atoms with van der Waals surface area (Å²) in [4.78, 5) is 16.8. The van der Waals surface area contributed by atoms with E-state index in [0.29, 0.717) is 5.13 Å². The molecule has 0 aliphatic carbocycles. The first-order valence-electron chi connectivity index (χ1n) is 9.45. The molecule has 3 heterocycles. The Bertz CT molecular complexity index is 1120. The van der Waals surface area contributed by atoms with Gasteiger partial charge in [-0.15, -0.1) is 21.5 Å². The van der Waals surface area contributed by atoms with E-state index in [9.17, 15) is 4.79 Å². The summed E-state index contributed by atoms with van der Waals surface area (Å²) in [6, 6.07) is 12.7. The normalized spacial score (nSPS) is 11.0. The van der Waals surface area contributed by atoms with Crippen molar-refractivity contribution < 1.29 is 4.79 Å². The molecule has 0 fully saturated rings. The Morgan fingerprint density at radius 3 is 2.80 bits per heavy atom. The lowest BCUT2D eigenvalue weighted by molar-refractivity contribution is -0.113. The third kappa shape index (κ3) is 4.97. The molecular weight excluding hydrogens is 434 g/mol. The Kier molecular flexibility index (Phi) is 6.61. The lowest BCUT2D eigenvalue weighted by atomic mass is 10.1. The molecule has 0 radical (unpaired) electrons. The predicted molar refractivity (Wildman–Crippen MR) is 124 cm³/mol. The van der Waals surface area contributed by atoms with Gasteiger partial charge in [-0.25, -0.2) is 4.98 Å². The molecule has 0 aliphatic rings. The van der Waals surface area contributed by atoms with Crippen molar-refractivity contribution in [2.45, 2.75) is 31.2 Å². The topological polar surface area (TPSA) is 72.7 Å². The number of aryl methyl sites for hydroxylation is 2. The summed E-state index contributed by atoms with van der Waals surface area (Å²) in [5.74, 6) is 0.197. The van der Waals surface area contributed by atoms with Gasteiger partial charge in [-0.1, -0.05) is 53.4 Å². The van der Waals surface area contributed by atoms with Crippen molar-refractivity contribution in [1.29, 1.82) is 0 Å². The van der Waals surface area contributed by atoms with E-state index in [2.05, 4.69) is 69.2 Å². The number of rotatable bonds is 8. The van der Waals surface area contributed by atoms with Gasteiger partial charge in [0.05, 0.1) is 11.4 Å². The third-order valence-electron chi connectivity index (χ3n) is 4.73. The largest absolute Gasteiger partial charge is 0.348 e. The molecular formula is C21H21N5OS3. The highest BCUT2D eigenvalue weighted by Gasteiger charge is 2.15. The van der Waals surface area contributed by atoms with Gasteiger partial charge in [0.1, 0.15) is 5.51 Å². The van der Waals surface area contributed by atoms with E-state index < -0.39 is 0 Å². The molecule has 0 saturated carbocycles. The van der Waals surface area contributed by atoms with Crippen molar-refractivity contribution in [1.82, 2.24) is 19.7 Å². The van der Waals surface area contributed by atoms with Crippen molar-refractivity contribution in [3.8, 4) is 11.3 Å². The summed E-state index contributed by atoms with van der Waals surface area (Å²) in [6.45, 7) is 5.18. The number of hydrogen-bond acceptors (Lipinski definition) is 7. The SMILES string of the molecule is Cc1cc(-c2csc(NC(=O)CSc3nncs3)n2)c(C)n1CCc1ccccc1. The first kappa shape index (κ1) is 20.8. The summed E-state index contributed by atoms with van der Waals surface area (Å²) in [7, 11) is 0. The number of hydrogen-bond donors (Lipinski definition) is 1. The quantitative estimate of drug-likeness (QED) is 0.376. The smallest absolute Gasteiger partial charge is 0.236 e. The van der Waals surface area contributed by atoms with Gasteiger partial charge in [-0.05, 0) is 31.9 Å². The zero-order valence-corrected chi connectivity index (χ0v) is 19.1. The van der Waals surface area contributed by atoms with Crippen LogP contribution in [-0.4, -0.2) is 31.4 Å². The number of anilines is 1. The van der Waals surface area contributed by atoms with Crippen LogP contribution in [0, 0.1) is 13.8 Å². The van der Waals surface area contributed by atoms with Crippen LogP contribution in [0.25, 0.3) is 11.3 Å². The summed E-state index contributed by atoms with van der Waals surface area (Å²) >= 11 is 4.24. The van der Waals surface area contributed by atoms with Crippen LogP contribution in [0.4, 0.5) is 5.13 Å². The van der Waals surface area contributed by atoms with Crippen LogP contribution in [0.5, 0.6) is 0 Å². The van der Waals surface area contributed by atoms with Crippen molar-refractivity contribution >= 4 is 45.5 Å². The van der Waals surface area contributed by atoms with E-state index in [1.807, 2.05) is 11.4 Å². The fourth-order valence-corrected chi connectivity index (χ4v) is 5.27. The number of nitrogens with zero attached hydrogens (tertiary/aromatic N) is 4. The maximum Gasteiger partial charge on any atom is 0.236 e. The molecule has 3 aromatic heterocycles. The number of carbonyl (C=O) groups is 1. The maximum absolute atomic E-state index is 12.2. The molecule has 0 atom stereocenters. The van der Waals surface area contributed by atoms with E-state index in [1.165, 1.54) is 51.4 Å². The molecule has 0 saturated heterocycles. The van der Waals surface area contributed by atoms with E-state index in [4.69, 9.17) is 0 Å². The summed E-state index contributed by atoms with van der Waals surface area (Å²) in [5, 5.41) is 13.2. The number of aromatic nitrogens is 4. The average molecular weight is 456 g/mol. The zero-order valence-electron chi connectivity index (χ0n) is 16.7. The minimum absolute atomic E-state index is 0.0931.